The third-order valence-corrected chi connectivity index (χ3v) is 4.49. The van der Waals surface area contributed by atoms with E-state index in [1.807, 2.05) is 12.1 Å². The van der Waals surface area contributed by atoms with E-state index in [2.05, 4.69) is 20.3 Å². The minimum absolute atomic E-state index is 0.0990. The SMILES string of the molecule is NC(=O)c1cc(COc2ccc(Nc3cc(-c4ccc(F)cc4)nc(N)n3)cc2)ccn1. The zero-order chi connectivity index (χ0) is 22.5. The summed E-state index contributed by atoms with van der Waals surface area (Å²) in [5, 5.41) is 3.17. The first-order valence-corrected chi connectivity index (χ1v) is 9.61. The van der Waals surface area contributed by atoms with Gasteiger partial charge in [0.2, 0.25) is 5.95 Å². The Balaban J connectivity index is 1.43. The van der Waals surface area contributed by atoms with E-state index in [1.165, 1.54) is 18.3 Å². The molecule has 0 saturated carbocycles. The number of nitrogens with two attached hydrogens (primary N) is 2. The molecule has 0 bridgehead atoms. The van der Waals surface area contributed by atoms with Gasteiger partial charge < -0.3 is 21.5 Å². The Bertz CT molecular complexity index is 1250. The summed E-state index contributed by atoms with van der Waals surface area (Å²) in [4.78, 5) is 23.5. The maximum Gasteiger partial charge on any atom is 0.267 e. The van der Waals surface area contributed by atoms with Gasteiger partial charge in [-0.3, -0.25) is 9.78 Å². The molecule has 160 valence electrons. The highest BCUT2D eigenvalue weighted by Crippen LogP contribution is 2.24. The normalized spacial score (nSPS) is 10.5. The van der Waals surface area contributed by atoms with Crippen molar-refractivity contribution in [3.05, 3.63) is 90.0 Å². The number of halogens is 1. The molecule has 0 atom stereocenters. The predicted molar refractivity (Wildman–Crippen MR) is 119 cm³/mol. The second kappa shape index (κ2) is 9.09. The van der Waals surface area contributed by atoms with Crippen molar-refractivity contribution in [1.82, 2.24) is 15.0 Å². The highest BCUT2D eigenvalue weighted by atomic mass is 19.1. The Morgan fingerprint density at radius 3 is 2.47 bits per heavy atom. The van der Waals surface area contributed by atoms with Gasteiger partial charge in [0.05, 0.1) is 5.69 Å². The zero-order valence-electron chi connectivity index (χ0n) is 16.8. The molecule has 0 saturated heterocycles. The van der Waals surface area contributed by atoms with Crippen LogP contribution in [0.25, 0.3) is 11.3 Å². The van der Waals surface area contributed by atoms with E-state index >= 15 is 0 Å². The van der Waals surface area contributed by atoms with Crippen molar-refractivity contribution >= 4 is 23.4 Å². The molecule has 0 radical (unpaired) electrons. The van der Waals surface area contributed by atoms with Crippen LogP contribution in [0.4, 0.5) is 21.8 Å². The molecular formula is C23H19FN6O2. The van der Waals surface area contributed by atoms with E-state index in [4.69, 9.17) is 16.2 Å². The van der Waals surface area contributed by atoms with E-state index in [9.17, 15) is 9.18 Å². The van der Waals surface area contributed by atoms with E-state index in [-0.39, 0.29) is 24.1 Å². The van der Waals surface area contributed by atoms with E-state index < -0.39 is 5.91 Å². The second-order valence-corrected chi connectivity index (χ2v) is 6.86. The van der Waals surface area contributed by atoms with Gasteiger partial charge in [-0.15, -0.1) is 0 Å². The Labute approximate surface area is 183 Å². The van der Waals surface area contributed by atoms with Gasteiger partial charge in [0.1, 0.15) is 29.7 Å². The fourth-order valence-corrected chi connectivity index (χ4v) is 2.95. The maximum absolute atomic E-state index is 13.2. The molecule has 0 fully saturated rings. The largest absolute Gasteiger partial charge is 0.489 e. The summed E-state index contributed by atoms with van der Waals surface area (Å²) in [6.45, 7) is 0.263. The zero-order valence-corrected chi connectivity index (χ0v) is 16.8. The van der Waals surface area contributed by atoms with Gasteiger partial charge in [-0.2, -0.15) is 4.98 Å². The summed E-state index contributed by atoms with van der Waals surface area (Å²) in [6, 6.07) is 18.3. The number of hydrogen-bond donors (Lipinski definition) is 3. The third-order valence-electron chi connectivity index (χ3n) is 4.49. The molecule has 0 spiro atoms. The monoisotopic (exact) mass is 430 g/mol. The number of primary amides is 1. The van der Waals surface area contributed by atoms with Crippen LogP contribution in [-0.4, -0.2) is 20.9 Å². The molecule has 2 aromatic carbocycles. The van der Waals surface area contributed by atoms with E-state index in [1.54, 1.807) is 42.5 Å². The fourth-order valence-electron chi connectivity index (χ4n) is 2.95. The number of benzene rings is 2. The van der Waals surface area contributed by atoms with Gasteiger partial charge in [0, 0.05) is 23.5 Å². The van der Waals surface area contributed by atoms with Crippen molar-refractivity contribution in [3.8, 4) is 17.0 Å². The summed E-state index contributed by atoms with van der Waals surface area (Å²) >= 11 is 0. The molecule has 4 aromatic rings. The first kappa shape index (κ1) is 20.7. The number of amides is 1. The van der Waals surface area contributed by atoms with Crippen molar-refractivity contribution in [2.45, 2.75) is 6.61 Å². The van der Waals surface area contributed by atoms with Crippen LogP contribution in [0.2, 0.25) is 0 Å². The first-order chi connectivity index (χ1) is 15.5. The number of nitrogens with zero attached hydrogens (tertiary/aromatic N) is 3. The molecular weight excluding hydrogens is 411 g/mol. The van der Waals surface area contributed by atoms with Crippen LogP contribution in [-0.2, 0) is 6.61 Å². The quantitative estimate of drug-likeness (QED) is 0.408. The molecule has 5 N–H and O–H groups in total. The molecule has 32 heavy (non-hydrogen) atoms. The number of aromatic nitrogens is 3. The standard InChI is InChI=1S/C23H19FN6O2/c24-16-3-1-15(2-4-16)19-12-21(30-23(26)29-19)28-17-5-7-18(8-6-17)32-13-14-9-10-27-20(11-14)22(25)31/h1-12H,13H2,(H2,25,31)(H3,26,28,29,30). The Kier molecular flexibility index (Phi) is 5.89. The van der Waals surface area contributed by atoms with Gasteiger partial charge in [0.15, 0.2) is 0 Å². The predicted octanol–water partition coefficient (Wildman–Crippen LogP) is 3.68. The lowest BCUT2D eigenvalue weighted by Crippen LogP contribution is -2.13. The Hall–Kier alpha value is -4.53. The van der Waals surface area contributed by atoms with Crippen molar-refractivity contribution in [2.75, 3.05) is 11.1 Å². The van der Waals surface area contributed by atoms with Gasteiger partial charge >= 0.3 is 0 Å². The van der Waals surface area contributed by atoms with Crippen LogP contribution in [0.3, 0.4) is 0 Å². The third kappa shape index (κ3) is 5.14. The van der Waals surface area contributed by atoms with E-state index in [0.717, 1.165) is 16.8 Å². The van der Waals surface area contributed by atoms with Crippen LogP contribution in [0.1, 0.15) is 16.1 Å². The summed E-state index contributed by atoms with van der Waals surface area (Å²) in [5.74, 6) is 0.328. The second-order valence-electron chi connectivity index (χ2n) is 6.86. The first-order valence-electron chi connectivity index (χ1n) is 9.61. The molecule has 0 aliphatic rings. The number of anilines is 3. The van der Waals surface area contributed by atoms with Crippen molar-refractivity contribution < 1.29 is 13.9 Å². The fraction of sp³-hybridized carbons (Fsp3) is 0.0435. The molecule has 8 nitrogen and oxygen atoms in total. The molecule has 2 aromatic heterocycles. The average Bonchev–Trinajstić information content (AvgIpc) is 2.79. The van der Waals surface area contributed by atoms with Crippen LogP contribution >= 0.6 is 0 Å². The van der Waals surface area contributed by atoms with Gasteiger partial charge in [-0.1, -0.05) is 0 Å². The van der Waals surface area contributed by atoms with Gasteiger partial charge in [0.25, 0.3) is 5.91 Å². The summed E-state index contributed by atoms with van der Waals surface area (Å²) < 4.78 is 18.9. The van der Waals surface area contributed by atoms with Gasteiger partial charge in [-0.05, 0) is 66.2 Å². The molecule has 2 heterocycles. The lowest BCUT2D eigenvalue weighted by Gasteiger charge is -2.10. The Morgan fingerprint density at radius 2 is 1.75 bits per heavy atom. The molecule has 0 unspecified atom stereocenters. The minimum atomic E-state index is -0.588. The highest BCUT2D eigenvalue weighted by Gasteiger charge is 2.07. The molecule has 4 rings (SSSR count). The lowest BCUT2D eigenvalue weighted by atomic mass is 10.1. The van der Waals surface area contributed by atoms with Crippen molar-refractivity contribution in [2.24, 2.45) is 5.73 Å². The average molecular weight is 430 g/mol. The summed E-state index contributed by atoms with van der Waals surface area (Å²) in [5.41, 5.74) is 14.1. The molecule has 9 heteroatoms. The van der Waals surface area contributed by atoms with Crippen LogP contribution in [0.5, 0.6) is 5.75 Å². The molecule has 0 aliphatic carbocycles. The topological polar surface area (TPSA) is 129 Å². The van der Waals surface area contributed by atoms with Crippen LogP contribution in [0, 0.1) is 5.82 Å². The molecule has 0 aliphatic heterocycles. The minimum Gasteiger partial charge on any atom is -0.489 e. The van der Waals surface area contributed by atoms with Crippen molar-refractivity contribution in [3.63, 3.8) is 0 Å². The van der Waals surface area contributed by atoms with Crippen molar-refractivity contribution in [1.29, 1.82) is 0 Å². The summed E-state index contributed by atoms with van der Waals surface area (Å²) in [6.07, 6.45) is 1.51. The number of hydrogen-bond acceptors (Lipinski definition) is 7. The maximum atomic E-state index is 13.2. The number of rotatable bonds is 7. The summed E-state index contributed by atoms with van der Waals surface area (Å²) in [7, 11) is 0. The lowest BCUT2D eigenvalue weighted by molar-refractivity contribution is 0.0995. The number of nitrogens with one attached hydrogen (secondary N) is 1. The van der Waals surface area contributed by atoms with Crippen LogP contribution in [0.15, 0.2) is 72.9 Å². The number of ether oxygens (including phenoxy) is 1. The highest BCUT2D eigenvalue weighted by molar-refractivity contribution is 5.90. The number of carbonyl (C=O) groups excluding carboxylic acids is 1. The molecule has 1 amide bonds. The smallest absolute Gasteiger partial charge is 0.267 e. The number of carbonyl (C=O) groups is 1. The van der Waals surface area contributed by atoms with E-state index in [0.29, 0.717) is 17.3 Å². The van der Waals surface area contributed by atoms with Gasteiger partial charge in [-0.25, -0.2) is 9.37 Å². The Morgan fingerprint density at radius 1 is 1.00 bits per heavy atom. The van der Waals surface area contributed by atoms with Crippen LogP contribution < -0.4 is 21.5 Å². The number of nitrogen functional groups attached to an aromatic ring is 1. The number of pyridine rings is 1.